The lowest BCUT2D eigenvalue weighted by Crippen LogP contribution is -1.94. The normalized spacial score (nSPS) is 10.9. The monoisotopic (exact) mass is 259 g/mol. The van der Waals surface area contributed by atoms with Crippen molar-refractivity contribution in [3.05, 3.63) is 52.0 Å². The van der Waals surface area contributed by atoms with E-state index in [0.29, 0.717) is 23.4 Å². The van der Waals surface area contributed by atoms with Crippen LogP contribution in [0.1, 0.15) is 21.8 Å². The number of thiophene rings is 1. The van der Waals surface area contributed by atoms with Crippen molar-refractivity contribution in [1.82, 2.24) is 4.98 Å². The number of carboxylic acid groups (broad SMARTS) is 1. The molecule has 4 nitrogen and oxygen atoms in total. The molecule has 3 rings (SSSR count). The maximum Gasteiger partial charge on any atom is 0.335 e. The van der Waals surface area contributed by atoms with Crippen LogP contribution in [-0.4, -0.2) is 16.1 Å². The van der Waals surface area contributed by atoms with Crippen molar-refractivity contribution < 1.29 is 14.3 Å². The van der Waals surface area contributed by atoms with E-state index in [-0.39, 0.29) is 5.56 Å². The second kappa shape index (κ2) is 4.27. The minimum atomic E-state index is -0.965. The van der Waals surface area contributed by atoms with Crippen LogP contribution in [0.5, 0.6) is 0 Å². The standard InChI is InChI=1S/C13H9NO3S/c15-13(16)9-1-2-10-11(6-9)17-12(14-10)5-8-3-4-18-7-8/h1-4,6-7H,5H2,(H,15,16). The van der Waals surface area contributed by atoms with Crippen molar-refractivity contribution in [3.63, 3.8) is 0 Å². The average Bonchev–Trinajstić information content (AvgIpc) is 2.96. The maximum absolute atomic E-state index is 10.8. The number of carboxylic acids is 1. The van der Waals surface area contributed by atoms with E-state index in [9.17, 15) is 4.79 Å². The van der Waals surface area contributed by atoms with Crippen molar-refractivity contribution in [2.75, 3.05) is 0 Å². The van der Waals surface area contributed by atoms with Gasteiger partial charge in [-0.15, -0.1) is 0 Å². The summed E-state index contributed by atoms with van der Waals surface area (Å²) in [6.45, 7) is 0. The van der Waals surface area contributed by atoms with Crippen LogP contribution in [0.4, 0.5) is 0 Å². The number of nitrogens with zero attached hydrogens (tertiary/aromatic N) is 1. The highest BCUT2D eigenvalue weighted by Gasteiger charge is 2.10. The summed E-state index contributed by atoms with van der Waals surface area (Å²) in [6.07, 6.45) is 0.626. The van der Waals surface area contributed by atoms with Crippen LogP contribution in [0.2, 0.25) is 0 Å². The van der Waals surface area contributed by atoms with Gasteiger partial charge in [0.15, 0.2) is 11.5 Å². The van der Waals surface area contributed by atoms with Crippen molar-refractivity contribution >= 4 is 28.4 Å². The third kappa shape index (κ3) is 2.00. The molecule has 1 aromatic carbocycles. The number of aromatic nitrogens is 1. The number of hydrogen-bond donors (Lipinski definition) is 1. The SMILES string of the molecule is O=C(O)c1ccc2nc(Cc3ccsc3)oc2c1. The molecule has 2 heterocycles. The Bertz CT molecular complexity index is 700. The highest BCUT2D eigenvalue weighted by Crippen LogP contribution is 2.20. The molecule has 0 aliphatic carbocycles. The minimum Gasteiger partial charge on any atom is -0.478 e. The zero-order valence-electron chi connectivity index (χ0n) is 9.29. The fraction of sp³-hybridized carbons (Fsp3) is 0.0769. The predicted octanol–water partition coefficient (Wildman–Crippen LogP) is 3.18. The van der Waals surface area contributed by atoms with Gasteiger partial charge in [0, 0.05) is 0 Å². The van der Waals surface area contributed by atoms with Crippen molar-refractivity contribution in [3.8, 4) is 0 Å². The Morgan fingerprint density at radius 1 is 1.39 bits per heavy atom. The summed E-state index contributed by atoms with van der Waals surface area (Å²) in [7, 11) is 0. The summed E-state index contributed by atoms with van der Waals surface area (Å²) in [5, 5.41) is 12.9. The number of fused-ring (bicyclic) bond motifs is 1. The van der Waals surface area contributed by atoms with Gasteiger partial charge in [-0.25, -0.2) is 9.78 Å². The molecule has 0 saturated heterocycles. The molecule has 0 amide bonds. The molecule has 1 N–H and O–H groups in total. The second-order valence-electron chi connectivity index (χ2n) is 3.90. The zero-order chi connectivity index (χ0) is 12.5. The number of benzene rings is 1. The molecule has 5 heteroatoms. The van der Waals surface area contributed by atoms with Gasteiger partial charge in [-0.1, -0.05) is 0 Å². The smallest absolute Gasteiger partial charge is 0.335 e. The molecule has 0 unspecified atom stereocenters. The molecule has 90 valence electrons. The topological polar surface area (TPSA) is 63.3 Å². The van der Waals surface area contributed by atoms with E-state index in [1.54, 1.807) is 17.4 Å². The van der Waals surface area contributed by atoms with Crippen LogP contribution in [-0.2, 0) is 6.42 Å². The third-order valence-corrected chi connectivity index (χ3v) is 3.35. The molecule has 0 saturated carbocycles. The van der Waals surface area contributed by atoms with E-state index >= 15 is 0 Å². The molecule has 0 spiro atoms. The van der Waals surface area contributed by atoms with E-state index in [2.05, 4.69) is 4.98 Å². The number of aromatic carboxylic acids is 1. The van der Waals surface area contributed by atoms with E-state index in [1.165, 1.54) is 12.1 Å². The largest absolute Gasteiger partial charge is 0.478 e. The first-order chi connectivity index (χ1) is 8.72. The van der Waals surface area contributed by atoms with Gasteiger partial charge in [0.2, 0.25) is 0 Å². The molecule has 0 fully saturated rings. The molecule has 0 aliphatic heterocycles. The van der Waals surface area contributed by atoms with Gasteiger partial charge in [0.25, 0.3) is 0 Å². The van der Waals surface area contributed by atoms with Gasteiger partial charge in [-0.2, -0.15) is 11.3 Å². The van der Waals surface area contributed by atoms with E-state index < -0.39 is 5.97 Å². The number of rotatable bonds is 3. The van der Waals surface area contributed by atoms with E-state index in [0.717, 1.165) is 5.56 Å². The highest BCUT2D eigenvalue weighted by atomic mass is 32.1. The lowest BCUT2D eigenvalue weighted by atomic mass is 10.2. The minimum absolute atomic E-state index is 0.209. The second-order valence-corrected chi connectivity index (χ2v) is 4.68. The molecule has 3 aromatic rings. The zero-order valence-corrected chi connectivity index (χ0v) is 10.1. The van der Waals surface area contributed by atoms with Crippen molar-refractivity contribution in [1.29, 1.82) is 0 Å². The fourth-order valence-corrected chi connectivity index (χ4v) is 2.42. The summed E-state index contributed by atoms with van der Waals surface area (Å²) < 4.78 is 5.56. The number of hydrogen-bond acceptors (Lipinski definition) is 4. The Kier molecular flexibility index (Phi) is 2.60. The lowest BCUT2D eigenvalue weighted by molar-refractivity contribution is 0.0697. The summed E-state index contributed by atoms with van der Waals surface area (Å²) in [5.41, 5.74) is 2.55. The molecule has 2 aromatic heterocycles. The quantitative estimate of drug-likeness (QED) is 0.784. The van der Waals surface area contributed by atoms with Crippen LogP contribution in [0, 0.1) is 0 Å². The Morgan fingerprint density at radius 2 is 2.28 bits per heavy atom. The van der Waals surface area contributed by atoms with Gasteiger partial charge >= 0.3 is 5.97 Å². The van der Waals surface area contributed by atoms with Crippen LogP contribution < -0.4 is 0 Å². The molecule has 0 atom stereocenters. The Hall–Kier alpha value is -2.14. The Balaban J connectivity index is 1.98. The molecule has 0 aliphatic rings. The van der Waals surface area contributed by atoms with Crippen LogP contribution in [0.3, 0.4) is 0 Å². The van der Waals surface area contributed by atoms with Crippen molar-refractivity contribution in [2.45, 2.75) is 6.42 Å². The molecule has 0 radical (unpaired) electrons. The molecule has 0 bridgehead atoms. The summed E-state index contributed by atoms with van der Waals surface area (Å²) in [4.78, 5) is 15.2. The lowest BCUT2D eigenvalue weighted by Gasteiger charge is -1.91. The first-order valence-corrected chi connectivity index (χ1v) is 6.30. The Labute approximate surface area is 107 Å². The van der Waals surface area contributed by atoms with Gasteiger partial charge < -0.3 is 9.52 Å². The molecular weight excluding hydrogens is 250 g/mol. The van der Waals surface area contributed by atoms with E-state index in [1.807, 2.05) is 16.8 Å². The number of carbonyl (C=O) groups is 1. The fourth-order valence-electron chi connectivity index (χ4n) is 1.75. The van der Waals surface area contributed by atoms with Crippen LogP contribution in [0.15, 0.2) is 39.4 Å². The third-order valence-electron chi connectivity index (χ3n) is 2.62. The Morgan fingerprint density at radius 3 is 3.00 bits per heavy atom. The van der Waals surface area contributed by atoms with Gasteiger partial charge in [-0.3, -0.25) is 0 Å². The van der Waals surface area contributed by atoms with E-state index in [4.69, 9.17) is 9.52 Å². The molecular formula is C13H9NO3S. The summed E-state index contributed by atoms with van der Waals surface area (Å²) in [6, 6.07) is 6.71. The van der Waals surface area contributed by atoms with Gasteiger partial charge in [-0.05, 0) is 40.6 Å². The summed E-state index contributed by atoms with van der Waals surface area (Å²) >= 11 is 1.62. The summed E-state index contributed by atoms with van der Waals surface area (Å²) in [5.74, 6) is -0.362. The van der Waals surface area contributed by atoms with Crippen LogP contribution in [0.25, 0.3) is 11.1 Å². The number of oxazole rings is 1. The predicted molar refractivity (Wildman–Crippen MR) is 68.1 cm³/mol. The first kappa shape index (κ1) is 11.0. The maximum atomic E-state index is 10.8. The van der Waals surface area contributed by atoms with Crippen LogP contribution >= 0.6 is 11.3 Å². The van der Waals surface area contributed by atoms with Crippen molar-refractivity contribution in [2.24, 2.45) is 0 Å². The molecule has 18 heavy (non-hydrogen) atoms. The van der Waals surface area contributed by atoms with Gasteiger partial charge in [0.05, 0.1) is 12.0 Å². The highest BCUT2D eigenvalue weighted by molar-refractivity contribution is 7.07. The average molecular weight is 259 g/mol. The van der Waals surface area contributed by atoms with Gasteiger partial charge in [0.1, 0.15) is 5.52 Å². The first-order valence-electron chi connectivity index (χ1n) is 5.36.